The second kappa shape index (κ2) is 9.23. The van der Waals surface area contributed by atoms with Crippen LogP contribution < -0.4 is 9.64 Å². The molecule has 4 aromatic rings. The van der Waals surface area contributed by atoms with Crippen molar-refractivity contribution >= 4 is 67.4 Å². The lowest BCUT2D eigenvalue weighted by Gasteiger charge is -2.20. The van der Waals surface area contributed by atoms with Gasteiger partial charge in [0.05, 0.1) is 21.8 Å². The second-order valence-corrected chi connectivity index (χ2v) is 8.73. The Labute approximate surface area is 192 Å². The van der Waals surface area contributed by atoms with Crippen molar-refractivity contribution in [2.24, 2.45) is 0 Å². The molecule has 1 amide bonds. The molecule has 3 aromatic carbocycles. The Morgan fingerprint density at radius 2 is 1.70 bits per heavy atom. The van der Waals surface area contributed by atoms with Crippen LogP contribution >= 0.6 is 46.1 Å². The molecule has 0 fully saturated rings. The molecule has 0 aliphatic heterocycles. The molecule has 0 unspecified atom stereocenters. The molecule has 0 atom stereocenters. The number of aromatic nitrogens is 1. The summed E-state index contributed by atoms with van der Waals surface area (Å²) in [5.74, 6) is 0.153. The number of halogens is 3. The van der Waals surface area contributed by atoms with E-state index in [4.69, 9.17) is 39.5 Å². The molecule has 0 N–H and O–H groups in total. The Morgan fingerprint density at radius 1 is 0.967 bits per heavy atom. The van der Waals surface area contributed by atoms with Crippen LogP contribution in [0.1, 0.15) is 5.56 Å². The van der Waals surface area contributed by atoms with E-state index < -0.39 is 0 Å². The number of nitrogens with zero attached hydrogens (tertiary/aromatic N) is 2. The second-order valence-electron chi connectivity index (χ2n) is 6.44. The fourth-order valence-corrected chi connectivity index (χ4v) is 4.56. The third kappa shape index (κ3) is 4.87. The third-order valence-corrected chi connectivity index (χ3v) is 6.11. The number of ether oxygens (including phenoxy) is 1. The number of hydrogen-bond donors (Lipinski definition) is 0. The summed E-state index contributed by atoms with van der Waals surface area (Å²) in [5, 5.41) is 2.04. The summed E-state index contributed by atoms with van der Waals surface area (Å²) in [6.07, 6.45) is 0. The van der Waals surface area contributed by atoms with Crippen LogP contribution in [0.2, 0.25) is 15.1 Å². The van der Waals surface area contributed by atoms with Crippen LogP contribution in [0.25, 0.3) is 10.2 Å². The van der Waals surface area contributed by atoms with E-state index in [1.165, 1.54) is 11.3 Å². The Bertz CT molecular complexity index is 1200. The highest BCUT2D eigenvalue weighted by Gasteiger charge is 2.21. The molecule has 1 heterocycles. The largest absolute Gasteiger partial charge is 0.482 e. The maximum absolute atomic E-state index is 13.1. The van der Waals surface area contributed by atoms with Crippen LogP contribution in [0.5, 0.6) is 5.75 Å². The van der Waals surface area contributed by atoms with Crippen LogP contribution in [-0.2, 0) is 11.3 Å². The molecule has 152 valence electrons. The summed E-state index contributed by atoms with van der Waals surface area (Å²) in [5.41, 5.74) is 1.76. The Balaban J connectivity index is 1.61. The number of carbonyl (C=O) groups excluding carboxylic acids is 1. The molecule has 4 rings (SSSR count). The minimum Gasteiger partial charge on any atom is -0.482 e. The van der Waals surface area contributed by atoms with Gasteiger partial charge in [-0.25, -0.2) is 4.98 Å². The van der Waals surface area contributed by atoms with Crippen LogP contribution in [-0.4, -0.2) is 17.5 Å². The predicted octanol–water partition coefficient (Wildman–Crippen LogP) is 6.87. The van der Waals surface area contributed by atoms with E-state index in [9.17, 15) is 4.79 Å². The molecule has 30 heavy (non-hydrogen) atoms. The van der Waals surface area contributed by atoms with Crippen molar-refractivity contribution in [3.05, 3.63) is 87.4 Å². The van der Waals surface area contributed by atoms with E-state index >= 15 is 0 Å². The monoisotopic (exact) mass is 476 g/mol. The van der Waals surface area contributed by atoms with Crippen molar-refractivity contribution in [2.45, 2.75) is 6.54 Å². The number of fused-ring (bicyclic) bond motifs is 1. The molecule has 0 radical (unpaired) electrons. The predicted molar refractivity (Wildman–Crippen MR) is 124 cm³/mol. The van der Waals surface area contributed by atoms with Crippen molar-refractivity contribution < 1.29 is 9.53 Å². The topological polar surface area (TPSA) is 42.4 Å². The molecule has 0 saturated carbocycles. The van der Waals surface area contributed by atoms with E-state index in [-0.39, 0.29) is 12.5 Å². The minimum atomic E-state index is -0.241. The van der Waals surface area contributed by atoms with Gasteiger partial charge in [-0.1, -0.05) is 76.5 Å². The van der Waals surface area contributed by atoms with Crippen LogP contribution in [0.15, 0.2) is 66.7 Å². The Morgan fingerprint density at radius 3 is 2.47 bits per heavy atom. The van der Waals surface area contributed by atoms with Gasteiger partial charge < -0.3 is 4.74 Å². The fraction of sp³-hybridized carbons (Fsp3) is 0.0909. The summed E-state index contributed by atoms with van der Waals surface area (Å²) < 4.78 is 6.57. The highest BCUT2D eigenvalue weighted by molar-refractivity contribution is 7.22. The molecule has 1 aromatic heterocycles. The van der Waals surface area contributed by atoms with Crippen molar-refractivity contribution in [3.63, 3.8) is 0 Å². The Hall–Kier alpha value is -2.31. The van der Waals surface area contributed by atoms with Gasteiger partial charge in [-0.2, -0.15) is 0 Å². The van der Waals surface area contributed by atoms with Gasteiger partial charge in [0.2, 0.25) is 0 Å². The van der Waals surface area contributed by atoms with Gasteiger partial charge in [-0.15, -0.1) is 0 Å². The summed E-state index contributed by atoms with van der Waals surface area (Å²) in [4.78, 5) is 19.3. The van der Waals surface area contributed by atoms with Crippen molar-refractivity contribution in [1.29, 1.82) is 0 Å². The summed E-state index contributed by atoms with van der Waals surface area (Å²) in [6, 6.07) is 20.0. The van der Waals surface area contributed by atoms with Gasteiger partial charge >= 0.3 is 0 Å². The molecule has 0 aliphatic rings. The first-order valence-corrected chi connectivity index (χ1v) is 10.9. The molecule has 4 nitrogen and oxygen atoms in total. The van der Waals surface area contributed by atoms with Crippen LogP contribution in [0, 0.1) is 0 Å². The molecular formula is C22H15Cl3N2O2S. The average Bonchev–Trinajstić information content (AvgIpc) is 3.14. The SMILES string of the molecule is O=C(COc1ccc(Cl)cc1Cl)N(Cc1ccccc1)c1nc2ccc(Cl)cc2s1. The molecular weight excluding hydrogens is 463 g/mol. The van der Waals surface area contributed by atoms with Crippen molar-refractivity contribution in [3.8, 4) is 5.75 Å². The number of hydrogen-bond acceptors (Lipinski definition) is 4. The first-order chi connectivity index (χ1) is 14.5. The first kappa shape index (κ1) is 20.9. The lowest BCUT2D eigenvalue weighted by molar-refractivity contribution is -0.120. The normalized spacial score (nSPS) is 10.9. The standard InChI is InChI=1S/C22H15Cl3N2O2S/c23-15-7-9-19(17(25)10-15)29-13-21(28)27(12-14-4-2-1-3-5-14)22-26-18-8-6-16(24)11-20(18)30-22/h1-11H,12-13H2. The summed E-state index contributed by atoms with van der Waals surface area (Å²) in [6.45, 7) is 0.176. The van der Waals surface area contributed by atoms with E-state index in [2.05, 4.69) is 4.98 Å². The highest BCUT2D eigenvalue weighted by Crippen LogP contribution is 2.32. The molecule has 0 spiro atoms. The third-order valence-electron chi connectivity index (χ3n) is 4.30. The van der Waals surface area contributed by atoms with E-state index in [0.717, 1.165) is 15.8 Å². The van der Waals surface area contributed by atoms with Crippen LogP contribution in [0.4, 0.5) is 5.13 Å². The number of anilines is 1. The number of carbonyl (C=O) groups is 1. The van der Waals surface area contributed by atoms with Crippen LogP contribution in [0.3, 0.4) is 0 Å². The number of thiazole rings is 1. The average molecular weight is 478 g/mol. The number of rotatable bonds is 6. The first-order valence-electron chi connectivity index (χ1n) is 8.98. The molecule has 0 aliphatic carbocycles. The van der Waals surface area contributed by atoms with Gasteiger partial charge in [-0.3, -0.25) is 9.69 Å². The maximum Gasteiger partial charge on any atom is 0.267 e. The zero-order valence-corrected chi connectivity index (χ0v) is 18.6. The van der Waals surface area contributed by atoms with E-state index in [0.29, 0.717) is 32.5 Å². The van der Waals surface area contributed by atoms with E-state index in [1.54, 1.807) is 29.2 Å². The lowest BCUT2D eigenvalue weighted by Crippen LogP contribution is -2.34. The zero-order valence-electron chi connectivity index (χ0n) is 15.5. The molecule has 0 bridgehead atoms. The number of amides is 1. The van der Waals surface area contributed by atoms with Gasteiger partial charge in [0.15, 0.2) is 11.7 Å². The Kier molecular flexibility index (Phi) is 6.44. The van der Waals surface area contributed by atoms with Gasteiger partial charge in [-0.05, 0) is 42.0 Å². The lowest BCUT2D eigenvalue weighted by atomic mass is 10.2. The fourth-order valence-electron chi connectivity index (χ4n) is 2.84. The smallest absolute Gasteiger partial charge is 0.267 e. The zero-order chi connectivity index (χ0) is 21.1. The van der Waals surface area contributed by atoms with Gasteiger partial charge in [0, 0.05) is 10.0 Å². The van der Waals surface area contributed by atoms with Crippen molar-refractivity contribution in [2.75, 3.05) is 11.5 Å². The summed E-state index contributed by atoms with van der Waals surface area (Å²) >= 11 is 19.6. The molecule has 8 heteroatoms. The number of benzene rings is 3. The van der Waals surface area contributed by atoms with Gasteiger partial charge in [0.1, 0.15) is 5.75 Å². The maximum atomic E-state index is 13.1. The minimum absolute atomic E-state index is 0.190. The highest BCUT2D eigenvalue weighted by atomic mass is 35.5. The molecule has 0 saturated heterocycles. The summed E-state index contributed by atoms with van der Waals surface area (Å²) in [7, 11) is 0. The van der Waals surface area contributed by atoms with E-state index in [1.807, 2.05) is 42.5 Å². The van der Waals surface area contributed by atoms with Gasteiger partial charge in [0.25, 0.3) is 5.91 Å². The quantitative estimate of drug-likeness (QED) is 0.304. The van der Waals surface area contributed by atoms with Crippen molar-refractivity contribution in [1.82, 2.24) is 4.98 Å².